The van der Waals surface area contributed by atoms with Crippen LogP contribution in [0, 0.1) is 0 Å². The SMILES string of the molecule is COCCCn1c2ccccc2c2cc(C(=O)N3CCCCC3)ccc21. The monoisotopic (exact) mass is 350 g/mol. The number of methoxy groups -OCH3 is 1. The molecule has 4 nitrogen and oxygen atoms in total. The molecular weight excluding hydrogens is 324 g/mol. The first kappa shape index (κ1) is 17.1. The highest BCUT2D eigenvalue weighted by atomic mass is 16.5. The Kier molecular flexibility index (Phi) is 4.93. The molecule has 0 atom stereocenters. The summed E-state index contributed by atoms with van der Waals surface area (Å²) in [7, 11) is 1.74. The van der Waals surface area contributed by atoms with Gasteiger partial charge < -0.3 is 14.2 Å². The van der Waals surface area contributed by atoms with Crippen LogP contribution in [0.5, 0.6) is 0 Å². The van der Waals surface area contributed by atoms with Gasteiger partial charge in [-0.05, 0) is 49.9 Å². The summed E-state index contributed by atoms with van der Waals surface area (Å²) in [4.78, 5) is 14.9. The lowest BCUT2D eigenvalue weighted by Crippen LogP contribution is -2.35. The summed E-state index contributed by atoms with van der Waals surface area (Å²) in [6.07, 6.45) is 4.44. The Hall–Kier alpha value is -2.33. The largest absolute Gasteiger partial charge is 0.385 e. The molecule has 4 heteroatoms. The first-order chi connectivity index (χ1) is 12.8. The lowest BCUT2D eigenvalue weighted by molar-refractivity contribution is 0.0724. The minimum atomic E-state index is 0.169. The van der Waals surface area contributed by atoms with Gasteiger partial charge in [-0.25, -0.2) is 0 Å². The fraction of sp³-hybridized carbons (Fsp3) is 0.409. The van der Waals surface area contributed by atoms with Gasteiger partial charge in [0.2, 0.25) is 0 Å². The number of nitrogens with zero attached hydrogens (tertiary/aromatic N) is 2. The van der Waals surface area contributed by atoms with Crippen LogP contribution >= 0.6 is 0 Å². The zero-order valence-corrected chi connectivity index (χ0v) is 15.4. The number of fused-ring (bicyclic) bond motifs is 3. The number of hydrogen-bond donors (Lipinski definition) is 0. The highest BCUT2D eigenvalue weighted by Gasteiger charge is 2.19. The van der Waals surface area contributed by atoms with Crippen molar-refractivity contribution in [3.63, 3.8) is 0 Å². The number of carbonyl (C=O) groups is 1. The van der Waals surface area contributed by atoms with Crippen molar-refractivity contribution in [2.45, 2.75) is 32.2 Å². The molecule has 3 aromatic rings. The molecule has 2 heterocycles. The molecule has 0 bridgehead atoms. The molecule has 26 heavy (non-hydrogen) atoms. The van der Waals surface area contributed by atoms with Gasteiger partial charge >= 0.3 is 0 Å². The van der Waals surface area contributed by atoms with Crippen LogP contribution in [0.1, 0.15) is 36.0 Å². The molecule has 1 aromatic heterocycles. The fourth-order valence-corrected chi connectivity index (χ4v) is 4.07. The quantitative estimate of drug-likeness (QED) is 0.637. The van der Waals surface area contributed by atoms with E-state index in [-0.39, 0.29) is 5.91 Å². The number of para-hydroxylation sites is 1. The highest BCUT2D eigenvalue weighted by molar-refractivity contribution is 6.10. The van der Waals surface area contributed by atoms with Crippen LogP contribution in [-0.4, -0.2) is 42.2 Å². The van der Waals surface area contributed by atoms with Gasteiger partial charge in [0, 0.05) is 60.7 Å². The van der Waals surface area contributed by atoms with Crippen molar-refractivity contribution in [3.05, 3.63) is 48.0 Å². The van der Waals surface area contributed by atoms with E-state index in [0.717, 1.165) is 51.1 Å². The molecule has 0 spiro atoms. The van der Waals surface area contributed by atoms with Crippen LogP contribution in [-0.2, 0) is 11.3 Å². The van der Waals surface area contributed by atoms with E-state index in [4.69, 9.17) is 4.74 Å². The van der Waals surface area contributed by atoms with E-state index in [1.54, 1.807) is 7.11 Å². The number of aromatic nitrogens is 1. The van der Waals surface area contributed by atoms with E-state index in [1.165, 1.54) is 28.2 Å². The summed E-state index contributed by atoms with van der Waals surface area (Å²) in [5, 5.41) is 2.38. The molecule has 1 amide bonds. The highest BCUT2D eigenvalue weighted by Crippen LogP contribution is 2.30. The van der Waals surface area contributed by atoms with Gasteiger partial charge in [0.1, 0.15) is 0 Å². The van der Waals surface area contributed by atoms with E-state index in [1.807, 2.05) is 11.0 Å². The summed E-state index contributed by atoms with van der Waals surface area (Å²) in [6.45, 7) is 3.43. The summed E-state index contributed by atoms with van der Waals surface area (Å²) in [5.74, 6) is 0.169. The Labute approximate surface area is 154 Å². The molecule has 1 saturated heterocycles. The van der Waals surface area contributed by atoms with Crippen LogP contribution in [0.3, 0.4) is 0 Å². The third-order valence-electron chi connectivity index (χ3n) is 5.39. The van der Waals surface area contributed by atoms with Crippen LogP contribution in [0.2, 0.25) is 0 Å². The Morgan fingerprint density at radius 2 is 1.77 bits per heavy atom. The standard InChI is InChI=1S/C22H26N2O2/c1-26-15-7-14-24-20-9-4-3-8-18(20)19-16-17(10-11-21(19)24)22(25)23-12-5-2-6-13-23/h3-4,8-11,16H,2,5-7,12-15H2,1H3. The molecule has 1 aliphatic heterocycles. The predicted octanol–water partition coefficient (Wildman–Crippen LogP) is 4.46. The van der Waals surface area contributed by atoms with E-state index in [2.05, 4.69) is 41.0 Å². The number of rotatable bonds is 5. The molecule has 4 rings (SSSR count). The number of carbonyl (C=O) groups excluding carboxylic acids is 1. The van der Waals surface area contributed by atoms with Crippen LogP contribution in [0.15, 0.2) is 42.5 Å². The molecular formula is C22H26N2O2. The van der Waals surface area contributed by atoms with E-state index in [9.17, 15) is 4.79 Å². The van der Waals surface area contributed by atoms with Gasteiger partial charge in [-0.3, -0.25) is 4.79 Å². The van der Waals surface area contributed by atoms with Gasteiger partial charge in [0.25, 0.3) is 5.91 Å². The third kappa shape index (κ3) is 3.10. The molecule has 2 aromatic carbocycles. The Balaban J connectivity index is 1.75. The second kappa shape index (κ2) is 7.50. The predicted molar refractivity (Wildman–Crippen MR) is 106 cm³/mol. The summed E-state index contributed by atoms with van der Waals surface area (Å²) >= 11 is 0. The number of amides is 1. The topological polar surface area (TPSA) is 34.5 Å². The zero-order valence-electron chi connectivity index (χ0n) is 15.4. The van der Waals surface area contributed by atoms with Crippen molar-refractivity contribution < 1.29 is 9.53 Å². The van der Waals surface area contributed by atoms with Gasteiger partial charge in [-0.1, -0.05) is 18.2 Å². The van der Waals surface area contributed by atoms with Crippen LogP contribution in [0.25, 0.3) is 21.8 Å². The lowest BCUT2D eigenvalue weighted by Gasteiger charge is -2.26. The maximum absolute atomic E-state index is 12.9. The number of hydrogen-bond acceptors (Lipinski definition) is 2. The van der Waals surface area contributed by atoms with Crippen molar-refractivity contribution in [2.75, 3.05) is 26.8 Å². The van der Waals surface area contributed by atoms with Crippen molar-refractivity contribution in [1.82, 2.24) is 9.47 Å². The molecule has 0 aliphatic carbocycles. The molecule has 0 radical (unpaired) electrons. The first-order valence-corrected chi connectivity index (χ1v) is 9.59. The van der Waals surface area contributed by atoms with Gasteiger partial charge in [-0.2, -0.15) is 0 Å². The minimum Gasteiger partial charge on any atom is -0.385 e. The normalized spacial score (nSPS) is 15.0. The molecule has 0 N–H and O–H groups in total. The molecule has 136 valence electrons. The summed E-state index contributed by atoms with van der Waals surface area (Å²) < 4.78 is 7.56. The van der Waals surface area contributed by atoms with Crippen LogP contribution < -0.4 is 0 Å². The van der Waals surface area contributed by atoms with Crippen molar-refractivity contribution >= 4 is 27.7 Å². The summed E-state index contributed by atoms with van der Waals surface area (Å²) in [5.41, 5.74) is 3.22. The maximum atomic E-state index is 12.9. The molecule has 1 fully saturated rings. The van der Waals surface area contributed by atoms with Gasteiger partial charge in [-0.15, -0.1) is 0 Å². The number of aryl methyl sites for hydroxylation is 1. The van der Waals surface area contributed by atoms with E-state index in [0.29, 0.717) is 0 Å². The fourth-order valence-electron chi connectivity index (χ4n) is 4.07. The van der Waals surface area contributed by atoms with E-state index < -0.39 is 0 Å². The minimum absolute atomic E-state index is 0.169. The third-order valence-corrected chi connectivity index (χ3v) is 5.39. The average molecular weight is 350 g/mol. The Morgan fingerprint density at radius 1 is 1.00 bits per heavy atom. The van der Waals surface area contributed by atoms with Gasteiger partial charge in [0.05, 0.1) is 0 Å². The number of ether oxygens (including phenoxy) is 1. The summed E-state index contributed by atoms with van der Waals surface area (Å²) in [6, 6.07) is 14.6. The zero-order chi connectivity index (χ0) is 17.9. The lowest BCUT2D eigenvalue weighted by atomic mass is 10.1. The Morgan fingerprint density at radius 3 is 2.58 bits per heavy atom. The van der Waals surface area contributed by atoms with Crippen LogP contribution in [0.4, 0.5) is 0 Å². The maximum Gasteiger partial charge on any atom is 0.253 e. The van der Waals surface area contributed by atoms with Gasteiger partial charge in [0.15, 0.2) is 0 Å². The Bertz CT molecular complexity index is 922. The molecule has 0 saturated carbocycles. The number of benzene rings is 2. The smallest absolute Gasteiger partial charge is 0.253 e. The van der Waals surface area contributed by atoms with Crippen molar-refractivity contribution in [1.29, 1.82) is 0 Å². The van der Waals surface area contributed by atoms with Crippen molar-refractivity contribution in [3.8, 4) is 0 Å². The van der Waals surface area contributed by atoms with Crippen molar-refractivity contribution in [2.24, 2.45) is 0 Å². The number of likely N-dealkylation sites (tertiary alicyclic amines) is 1. The first-order valence-electron chi connectivity index (χ1n) is 9.59. The second-order valence-corrected chi connectivity index (χ2v) is 7.10. The number of piperidine rings is 1. The molecule has 1 aliphatic rings. The van der Waals surface area contributed by atoms with E-state index >= 15 is 0 Å². The average Bonchev–Trinajstić information content (AvgIpc) is 3.02. The second-order valence-electron chi connectivity index (χ2n) is 7.10. The molecule has 0 unspecified atom stereocenters.